The molecule has 0 unspecified atom stereocenters. The Labute approximate surface area is 208 Å². The number of aromatic nitrogens is 1. The van der Waals surface area contributed by atoms with E-state index in [0.29, 0.717) is 29.7 Å². The number of likely N-dealkylation sites (N-methyl/N-ethyl adjacent to an activating group) is 1. The van der Waals surface area contributed by atoms with Crippen LogP contribution in [0.1, 0.15) is 103 Å². The monoisotopic (exact) mass is 477 g/mol. The highest BCUT2D eigenvalue weighted by Gasteiger charge is 2.36. The molecule has 0 radical (unpaired) electrons. The average molecular weight is 478 g/mol. The lowest BCUT2D eigenvalue weighted by Crippen LogP contribution is -2.48. The smallest absolute Gasteiger partial charge is 0.268 e. The molecule has 0 spiro atoms. The molecular weight excluding hydrogens is 438 g/mol. The Morgan fingerprint density at radius 1 is 1.17 bits per heavy atom. The maximum atomic E-state index is 13.6. The summed E-state index contributed by atoms with van der Waals surface area (Å²) in [6, 6.07) is 9.22. The highest BCUT2D eigenvalue weighted by atomic mass is 16.2. The van der Waals surface area contributed by atoms with Crippen LogP contribution in [0, 0.1) is 18.3 Å². The summed E-state index contributed by atoms with van der Waals surface area (Å²) in [7, 11) is 1.80. The Bertz CT molecular complexity index is 1100. The minimum Gasteiger partial charge on any atom is -0.354 e. The Hall–Kier alpha value is -2.89. The molecule has 0 aliphatic heterocycles. The summed E-state index contributed by atoms with van der Waals surface area (Å²) in [5.41, 5.74) is 3.50. The van der Waals surface area contributed by atoms with Crippen LogP contribution in [0.15, 0.2) is 30.3 Å². The molecule has 1 aromatic carbocycles. The summed E-state index contributed by atoms with van der Waals surface area (Å²) in [6.07, 6.45) is 6.35. The zero-order valence-corrected chi connectivity index (χ0v) is 21.7. The lowest BCUT2D eigenvalue weighted by Gasteiger charge is -2.30. The SMILES string of the molecule is Cc1c(C(=O)N[C@H](CCCC2CC2)C(=O)N(C)[C@H](C)c2ccccc2)[nH]c2c1C(=O)CC(C)(C)C2. The van der Waals surface area contributed by atoms with Crippen molar-refractivity contribution in [2.75, 3.05) is 7.05 Å². The fourth-order valence-corrected chi connectivity index (χ4v) is 5.36. The first-order chi connectivity index (χ1) is 16.6. The summed E-state index contributed by atoms with van der Waals surface area (Å²) in [6.45, 7) is 7.98. The summed E-state index contributed by atoms with van der Waals surface area (Å²) < 4.78 is 0. The third-order valence-electron chi connectivity index (χ3n) is 7.74. The molecule has 2 atom stereocenters. The summed E-state index contributed by atoms with van der Waals surface area (Å²) in [4.78, 5) is 44.7. The van der Waals surface area contributed by atoms with Crippen LogP contribution in [-0.4, -0.2) is 40.6 Å². The van der Waals surface area contributed by atoms with Crippen molar-refractivity contribution < 1.29 is 14.4 Å². The largest absolute Gasteiger partial charge is 0.354 e. The van der Waals surface area contributed by atoms with Crippen molar-refractivity contribution in [2.45, 2.75) is 84.7 Å². The van der Waals surface area contributed by atoms with Crippen LogP contribution < -0.4 is 5.32 Å². The van der Waals surface area contributed by atoms with Crippen molar-refractivity contribution in [3.8, 4) is 0 Å². The number of rotatable bonds is 9. The number of H-pyrrole nitrogens is 1. The number of ketones is 1. The third-order valence-corrected chi connectivity index (χ3v) is 7.74. The van der Waals surface area contributed by atoms with E-state index in [4.69, 9.17) is 0 Å². The number of carbonyl (C=O) groups excluding carboxylic acids is 3. The second kappa shape index (κ2) is 10.00. The molecule has 2 amide bonds. The van der Waals surface area contributed by atoms with Gasteiger partial charge < -0.3 is 15.2 Å². The molecule has 2 aliphatic carbocycles. The number of carbonyl (C=O) groups is 3. The molecule has 2 N–H and O–H groups in total. The molecular formula is C29H39N3O3. The summed E-state index contributed by atoms with van der Waals surface area (Å²) >= 11 is 0. The first-order valence-electron chi connectivity index (χ1n) is 12.9. The molecule has 1 heterocycles. The van der Waals surface area contributed by atoms with Crippen molar-refractivity contribution in [1.29, 1.82) is 0 Å². The van der Waals surface area contributed by atoms with Gasteiger partial charge in [-0.25, -0.2) is 0 Å². The van der Waals surface area contributed by atoms with E-state index in [1.54, 1.807) is 11.9 Å². The van der Waals surface area contributed by atoms with Gasteiger partial charge in [0.1, 0.15) is 11.7 Å². The molecule has 6 heteroatoms. The zero-order valence-electron chi connectivity index (χ0n) is 21.7. The second-order valence-electron chi connectivity index (χ2n) is 11.4. The van der Waals surface area contributed by atoms with E-state index < -0.39 is 6.04 Å². The van der Waals surface area contributed by atoms with Crippen molar-refractivity contribution >= 4 is 17.6 Å². The molecule has 1 fully saturated rings. The number of nitrogens with one attached hydrogen (secondary N) is 2. The van der Waals surface area contributed by atoms with Crippen LogP contribution in [0.5, 0.6) is 0 Å². The number of Topliss-reactive ketones (excluding diaryl/α,β-unsaturated/α-hetero) is 1. The topological polar surface area (TPSA) is 82.3 Å². The lowest BCUT2D eigenvalue weighted by atomic mass is 9.75. The molecule has 1 aromatic heterocycles. The third kappa shape index (κ3) is 5.68. The summed E-state index contributed by atoms with van der Waals surface area (Å²) in [5.74, 6) is 0.455. The Morgan fingerprint density at radius 3 is 2.51 bits per heavy atom. The molecule has 0 saturated heterocycles. The van der Waals surface area contributed by atoms with E-state index >= 15 is 0 Å². The second-order valence-corrected chi connectivity index (χ2v) is 11.4. The van der Waals surface area contributed by atoms with Gasteiger partial charge in [-0.05, 0) is 49.1 Å². The van der Waals surface area contributed by atoms with Crippen molar-refractivity contribution in [1.82, 2.24) is 15.2 Å². The number of amides is 2. The molecule has 1 saturated carbocycles. The van der Waals surface area contributed by atoms with Gasteiger partial charge in [-0.2, -0.15) is 0 Å². The van der Waals surface area contributed by atoms with Gasteiger partial charge in [0.15, 0.2) is 5.78 Å². The van der Waals surface area contributed by atoms with Crippen LogP contribution in [0.25, 0.3) is 0 Å². The predicted molar refractivity (Wildman–Crippen MR) is 137 cm³/mol. The molecule has 2 aliphatic rings. The van der Waals surface area contributed by atoms with Crippen molar-refractivity contribution in [3.63, 3.8) is 0 Å². The number of hydrogen-bond donors (Lipinski definition) is 2. The van der Waals surface area contributed by atoms with Crippen LogP contribution in [0.2, 0.25) is 0 Å². The lowest BCUT2D eigenvalue weighted by molar-refractivity contribution is -0.134. The molecule has 35 heavy (non-hydrogen) atoms. The fourth-order valence-electron chi connectivity index (χ4n) is 5.36. The van der Waals surface area contributed by atoms with E-state index in [9.17, 15) is 14.4 Å². The maximum absolute atomic E-state index is 13.6. The Kier molecular flexibility index (Phi) is 7.20. The molecule has 188 valence electrons. The van der Waals surface area contributed by atoms with Gasteiger partial charge in [-0.1, -0.05) is 69.9 Å². The van der Waals surface area contributed by atoms with E-state index in [2.05, 4.69) is 24.1 Å². The number of fused-ring (bicyclic) bond motifs is 1. The van der Waals surface area contributed by atoms with Gasteiger partial charge in [0.25, 0.3) is 5.91 Å². The van der Waals surface area contributed by atoms with E-state index in [1.165, 1.54) is 12.8 Å². The quantitative estimate of drug-likeness (QED) is 0.509. The van der Waals surface area contributed by atoms with Crippen molar-refractivity contribution in [2.24, 2.45) is 11.3 Å². The van der Waals surface area contributed by atoms with Gasteiger partial charge >= 0.3 is 0 Å². The first-order valence-corrected chi connectivity index (χ1v) is 12.9. The van der Waals surface area contributed by atoms with E-state index in [1.807, 2.05) is 44.2 Å². The van der Waals surface area contributed by atoms with Gasteiger partial charge in [0.05, 0.1) is 6.04 Å². The molecule has 6 nitrogen and oxygen atoms in total. The van der Waals surface area contributed by atoms with Crippen LogP contribution in [0.3, 0.4) is 0 Å². The first kappa shape index (κ1) is 25.2. The van der Waals surface area contributed by atoms with E-state index in [0.717, 1.165) is 36.4 Å². The van der Waals surface area contributed by atoms with Gasteiger partial charge in [-0.3, -0.25) is 14.4 Å². The van der Waals surface area contributed by atoms with Crippen LogP contribution in [-0.2, 0) is 11.2 Å². The Morgan fingerprint density at radius 2 is 1.86 bits per heavy atom. The van der Waals surface area contributed by atoms with Gasteiger partial charge in [0, 0.05) is 24.7 Å². The highest BCUT2D eigenvalue weighted by Crippen LogP contribution is 2.37. The number of hydrogen-bond acceptors (Lipinski definition) is 3. The zero-order chi connectivity index (χ0) is 25.3. The molecule has 2 aromatic rings. The molecule has 0 bridgehead atoms. The van der Waals surface area contributed by atoms with Crippen molar-refractivity contribution in [3.05, 3.63) is 58.4 Å². The Balaban J connectivity index is 1.52. The minimum atomic E-state index is -0.607. The number of aromatic amines is 1. The number of nitrogens with zero attached hydrogens (tertiary/aromatic N) is 1. The maximum Gasteiger partial charge on any atom is 0.268 e. The predicted octanol–water partition coefficient (Wildman–Crippen LogP) is 5.38. The normalized spacial score (nSPS) is 18.5. The minimum absolute atomic E-state index is 0.0810. The highest BCUT2D eigenvalue weighted by molar-refractivity contribution is 6.05. The van der Waals surface area contributed by atoms with E-state index in [-0.39, 0.29) is 29.1 Å². The van der Waals surface area contributed by atoms with Gasteiger partial charge in [-0.15, -0.1) is 0 Å². The number of benzene rings is 1. The van der Waals surface area contributed by atoms with Crippen LogP contribution >= 0.6 is 0 Å². The summed E-state index contributed by atoms with van der Waals surface area (Å²) in [5, 5.41) is 3.03. The standard InChI is InChI=1S/C29H39N3O3/c1-18-25-23(16-29(3,4)17-24(25)33)30-26(18)27(34)31-22(13-9-10-20-14-15-20)28(35)32(5)19(2)21-11-7-6-8-12-21/h6-8,11-12,19-20,22,30H,9-10,13-17H2,1-5H3,(H,31,34)/t19-,22-/m1/s1. The van der Waals surface area contributed by atoms with Crippen LogP contribution in [0.4, 0.5) is 0 Å². The fraction of sp³-hybridized carbons (Fsp3) is 0.552. The van der Waals surface area contributed by atoms with Gasteiger partial charge in [0.2, 0.25) is 5.91 Å². The molecule has 4 rings (SSSR count). The average Bonchev–Trinajstić information content (AvgIpc) is 3.58.